The Hall–Kier alpha value is -4.36. The van der Waals surface area contributed by atoms with E-state index in [4.69, 9.17) is 4.99 Å². The third-order valence-electron chi connectivity index (χ3n) is 6.18. The van der Waals surface area contributed by atoms with Crippen molar-refractivity contribution in [3.63, 3.8) is 0 Å². The lowest BCUT2D eigenvalue weighted by molar-refractivity contribution is -0.117. The highest BCUT2D eigenvalue weighted by Crippen LogP contribution is 2.32. The Kier molecular flexibility index (Phi) is 6.54. The number of benzene rings is 4. The number of anilines is 1. The van der Waals surface area contributed by atoms with Crippen LogP contribution in [0.4, 0.5) is 5.69 Å². The molecule has 1 aliphatic rings. The fourth-order valence-corrected chi connectivity index (χ4v) is 5.14. The highest BCUT2D eigenvalue weighted by Gasteiger charge is 2.39. The van der Waals surface area contributed by atoms with E-state index in [-0.39, 0.29) is 16.8 Å². The van der Waals surface area contributed by atoms with Crippen LogP contribution in [0.5, 0.6) is 0 Å². The molecule has 1 amide bonds. The lowest BCUT2D eigenvalue weighted by Gasteiger charge is -2.32. The third kappa shape index (κ3) is 4.99. The maximum Gasteiger partial charge on any atom is 0.285 e. The Bertz CT molecular complexity index is 1590. The van der Waals surface area contributed by atoms with Gasteiger partial charge in [0.1, 0.15) is 5.92 Å². The summed E-state index contributed by atoms with van der Waals surface area (Å²) >= 11 is 0. The van der Waals surface area contributed by atoms with Gasteiger partial charge in [-0.05, 0) is 49.2 Å². The molecule has 5 rings (SSSR count). The number of carbonyl (C=O) groups excluding carboxylic acids is 1. The highest BCUT2D eigenvalue weighted by molar-refractivity contribution is 7.90. The van der Waals surface area contributed by atoms with E-state index in [9.17, 15) is 13.2 Å². The molecule has 6 nitrogen and oxygen atoms in total. The van der Waals surface area contributed by atoms with Crippen molar-refractivity contribution in [1.29, 1.82) is 0 Å². The van der Waals surface area contributed by atoms with Gasteiger partial charge in [-0.1, -0.05) is 96.1 Å². The lowest BCUT2D eigenvalue weighted by Crippen LogP contribution is -2.47. The van der Waals surface area contributed by atoms with Crippen LogP contribution in [0.2, 0.25) is 0 Å². The summed E-state index contributed by atoms with van der Waals surface area (Å²) in [5.74, 6) is -1.27. The van der Waals surface area contributed by atoms with Crippen LogP contribution in [0.3, 0.4) is 0 Å². The SMILES string of the molecule is Cc1ccc(N2C(=O)C(c3ccccc3)C(c3ccccc3)=N/C2=N\S(=O)(=O)c2ccc(C)cc2)cc1. The number of guanidine groups is 1. The van der Waals surface area contributed by atoms with Gasteiger partial charge >= 0.3 is 0 Å². The van der Waals surface area contributed by atoms with Crippen LogP contribution >= 0.6 is 0 Å². The summed E-state index contributed by atoms with van der Waals surface area (Å²) in [7, 11) is -4.15. The van der Waals surface area contributed by atoms with Crippen molar-refractivity contribution < 1.29 is 13.2 Å². The van der Waals surface area contributed by atoms with Crippen LogP contribution in [0, 0.1) is 13.8 Å². The van der Waals surface area contributed by atoms with Crippen molar-refractivity contribution >= 4 is 33.3 Å². The highest BCUT2D eigenvalue weighted by atomic mass is 32.2. The minimum absolute atomic E-state index is 0.0311. The topological polar surface area (TPSA) is 79.2 Å². The van der Waals surface area contributed by atoms with Crippen LogP contribution in [0.25, 0.3) is 0 Å². The Morgan fingerprint density at radius 3 is 1.86 bits per heavy atom. The third-order valence-corrected chi connectivity index (χ3v) is 7.45. The van der Waals surface area contributed by atoms with Crippen molar-refractivity contribution in [3.8, 4) is 0 Å². The molecule has 7 heteroatoms. The van der Waals surface area contributed by atoms with E-state index in [1.165, 1.54) is 17.0 Å². The van der Waals surface area contributed by atoms with Gasteiger partial charge in [0.05, 0.1) is 16.3 Å². The zero-order chi connectivity index (χ0) is 26.0. The van der Waals surface area contributed by atoms with E-state index in [1.54, 1.807) is 24.3 Å². The monoisotopic (exact) mass is 507 g/mol. The molecule has 184 valence electrons. The quantitative estimate of drug-likeness (QED) is 0.349. The van der Waals surface area contributed by atoms with Gasteiger partial charge in [0.2, 0.25) is 11.9 Å². The summed E-state index contributed by atoms with van der Waals surface area (Å²) in [4.78, 5) is 20.3. The minimum atomic E-state index is -4.15. The van der Waals surface area contributed by atoms with Crippen molar-refractivity contribution in [1.82, 2.24) is 0 Å². The number of hydrogen-bond donors (Lipinski definition) is 0. The number of aliphatic imine (C=N–C) groups is 1. The summed E-state index contributed by atoms with van der Waals surface area (Å²) in [6, 6.07) is 32.4. The number of sulfonamides is 1. The zero-order valence-electron chi connectivity index (χ0n) is 20.4. The maximum atomic E-state index is 14.2. The van der Waals surface area contributed by atoms with Gasteiger partial charge in [-0.25, -0.2) is 9.89 Å². The van der Waals surface area contributed by atoms with E-state index in [1.807, 2.05) is 86.6 Å². The lowest BCUT2D eigenvalue weighted by atomic mass is 9.87. The van der Waals surface area contributed by atoms with Crippen molar-refractivity contribution in [2.75, 3.05) is 4.90 Å². The summed E-state index contributed by atoms with van der Waals surface area (Å²) in [6.45, 7) is 3.82. The second kappa shape index (κ2) is 9.95. The van der Waals surface area contributed by atoms with Gasteiger partial charge in [-0.15, -0.1) is 4.40 Å². The molecule has 0 aromatic heterocycles. The number of aryl methyl sites for hydroxylation is 2. The van der Waals surface area contributed by atoms with Crippen molar-refractivity contribution in [3.05, 3.63) is 131 Å². The smallest absolute Gasteiger partial charge is 0.273 e. The maximum absolute atomic E-state index is 14.2. The summed E-state index contributed by atoms with van der Waals surface area (Å²) < 4.78 is 30.8. The first-order valence-electron chi connectivity index (χ1n) is 11.8. The molecule has 0 radical (unpaired) electrons. The molecule has 1 heterocycles. The van der Waals surface area contributed by atoms with Crippen LogP contribution in [-0.4, -0.2) is 26.0 Å². The molecule has 0 bridgehead atoms. The molecule has 1 aliphatic heterocycles. The molecule has 37 heavy (non-hydrogen) atoms. The first-order valence-corrected chi connectivity index (χ1v) is 13.3. The Morgan fingerprint density at radius 1 is 0.730 bits per heavy atom. The van der Waals surface area contributed by atoms with Crippen molar-refractivity contribution in [2.45, 2.75) is 24.7 Å². The molecule has 0 saturated carbocycles. The number of carbonyl (C=O) groups is 1. The summed E-state index contributed by atoms with van der Waals surface area (Å²) in [5, 5.41) is 0. The Labute approximate surface area is 216 Å². The van der Waals surface area contributed by atoms with Gasteiger partial charge in [-0.2, -0.15) is 8.42 Å². The van der Waals surface area contributed by atoms with Gasteiger partial charge in [0.25, 0.3) is 10.0 Å². The number of nitrogens with zero attached hydrogens (tertiary/aromatic N) is 3. The molecule has 4 aromatic carbocycles. The van der Waals surface area contributed by atoms with Gasteiger partial charge in [0, 0.05) is 0 Å². The molecule has 0 saturated heterocycles. The van der Waals surface area contributed by atoms with Crippen molar-refractivity contribution in [2.24, 2.45) is 9.39 Å². The second-order valence-electron chi connectivity index (χ2n) is 8.90. The largest absolute Gasteiger partial charge is 0.285 e. The molecule has 0 fully saturated rings. The Morgan fingerprint density at radius 2 is 1.27 bits per heavy atom. The summed E-state index contributed by atoms with van der Waals surface area (Å²) in [6.07, 6.45) is 0. The average Bonchev–Trinajstić information content (AvgIpc) is 2.90. The molecule has 1 unspecified atom stereocenters. The second-order valence-corrected chi connectivity index (χ2v) is 10.5. The first kappa shape index (κ1) is 24.3. The predicted molar refractivity (Wildman–Crippen MR) is 147 cm³/mol. The summed E-state index contributed by atoms with van der Waals surface area (Å²) in [5.41, 5.74) is 4.34. The van der Waals surface area contributed by atoms with Crippen LogP contribution < -0.4 is 4.90 Å². The van der Waals surface area contributed by atoms with Gasteiger partial charge < -0.3 is 0 Å². The van der Waals surface area contributed by atoms with Gasteiger partial charge in [-0.3, -0.25) is 4.79 Å². The standard InChI is InChI=1S/C30H25N3O3S/c1-21-13-17-25(18-14-21)33-29(34)27(23-9-5-3-6-10-23)28(24-11-7-4-8-12-24)31-30(33)32-37(35,36)26-19-15-22(2)16-20-26/h3-20,27H,1-2H3/b32-30+. The fraction of sp³-hybridized carbons (Fsp3) is 0.100. The first-order chi connectivity index (χ1) is 17.8. The van der Waals surface area contributed by atoms with Gasteiger partial charge in [0.15, 0.2) is 0 Å². The fourth-order valence-electron chi connectivity index (χ4n) is 4.22. The molecule has 0 N–H and O–H groups in total. The average molecular weight is 508 g/mol. The number of hydrogen-bond acceptors (Lipinski definition) is 3. The number of amides is 1. The zero-order valence-corrected chi connectivity index (χ0v) is 21.3. The minimum Gasteiger partial charge on any atom is -0.273 e. The molecule has 0 spiro atoms. The predicted octanol–water partition coefficient (Wildman–Crippen LogP) is 5.67. The van der Waals surface area contributed by atoms with E-state index in [2.05, 4.69) is 4.40 Å². The van der Waals surface area contributed by atoms with Crippen LogP contribution in [0.1, 0.15) is 28.2 Å². The molecular weight excluding hydrogens is 482 g/mol. The molecule has 1 atom stereocenters. The number of rotatable bonds is 5. The van der Waals surface area contributed by atoms with Crippen LogP contribution in [0.15, 0.2) is 123 Å². The molecule has 0 aliphatic carbocycles. The van der Waals surface area contributed by atoms with E-state index < -0.39 is 15.9 Å². The van der Waals surface area contributed by atoms with E-state index in [0.29, 0.717) is 17.0 Å². The normalized spacial score (nSPS) is 17.1. The van der Waals surface area contributed by atoms with Crippen LogP contribution in [-0.2, 0) is 14.8 Å². The Balaban J connectivity index is 1.76. The molecular formula is C30H25N3O3S. The van der Waals surface area contributed by atoms with E-state index >= 15 is 0 Å². The van der Waals surface area contributed by atoms with E-state index in [0.717, 1.165) is 16.7 Å². The molecule has 4 aromatic rings.